The summed E-state index contributed by atoms with van der Waals surface area (Å²) in [5.41, 5.74) is -4.52. The van der Waals surface area contributed by atoms with Gasteiger partial charge in [0.2, 0.25) is 11.6 Å². The van der Waals surface area contributed by atoms with E-state index in [1.807, 2.05) is 0 Å². The number of unbranched alkanes of at least 4 members (excludes halogenated alkanes) is 1. The third kappa shape index (κ3) is 10.7. The minimum Gasteiger partial charge on any atom is -0.316 e. The van der Waals surface area contributed by atoms with Crippen LogP contribution in [-0.2, 0) is 0 Å². The molecule has 0 aromatic heterocycles. The number of hydrogen-bond acceptors (Lipinski definition) is 1. The minimum atomic E-state index is -2.68. The molecule has 2 aromatic rings. The quantitative estimate of drug-likeness (QED) is 0.0841. The molecule has 0 saturated heterocycles. The summed E-state index contributed by atoms with van der Waals surface area (Å²) in [6, 6.07) is 0. The average Bonchev–Trinajstić information content (AvgIpc) is 3.00. The van der Waals surface area contributed by atoms with Gasteiger partial charge in [-0.25, -0.2) is 43.9 Å². The van der Waals surface area contributed by atoms with Crippen LogP contribution in [0.15, 0.2) is 0 Å². The van der Waals surface area contributed by atoms with Crippen LogP contribution in [-0.4, -0.2) is 13.1 Å². The normalized spacial score (nSPS) is 13.5. The minimum absolute atomic E-state index is 0.839. The highest BCUT2D eigenvalue weighted by Crippen LogP contribution is 2.37. The molecule has 0 aliphatic carbocycles. The van der Waals surface area contributed by atoms with E-state index in [-0.39, 0.29) is 0 Å². The number of halogens is 10. The van der Waals surface area contributed by atoms with E-state index in [2.05, 4.69) is 39.9 Å². The van der Waals surface area contributed by atoms with Gasteiger partial charge in [-0.3, -0.25) is 0 Å². The van der Waals surface area contributed by atoms with Crippen molar-refractivity contribution in [3.8, 4) is 11.1 Å². The number of nitrogens with one attached hydrogen (secondary N) is 1. The molecule has 11 heteroatoms. The first kappa shape index (κ1) is 38.7. The van der Waals surface area contributed by atoms with Crippen molar-refractivity contribution in [1.29, 1.82) is 0 Å². The standard InChI is InChI=1S/C20H43N.C12F10/c1-6-10-12-20(9-4)15-16-21-17-18(5)13-14-19(8-3)11-7-2;13-3-1(4(14)8(18)11(21)7(3)17)2-5(15)9(19)12(22)10(20)6(2)16/h18-21H,6-17H2,1-5H3;. The predicted octanol–water partition coefficient (Wildman–Crippen LogP) is 11.2. The van der Waals surface area contributed by atoms with Crippen LogP contribution >= 0.6 is 0 Å². The van der Waals surface area contributed by atoms with Crippen molar-refractivity contribution >= 4 is 0 Å². The molecule has 0 aliphatic rings. The van der Waals surface area contributed by atoms with Gasteiger partial charge in [0.1, 0.15) is 0 Å². The Kier molecular flexibility index (Phi) is 17.3. The first-order valence-corrected chi connectivity index (χ1v) is 15.0. The molecule has 0 aliphatic heterocycles. The highest BCUT2D eigenvalue weighted by molar-refractivity contribution is 5.67. The molecular formula is C32H43F10N. The Morgan fingerprint density at radius 1 is 0.465 bits per heavy atom. The maximum atomic E-state index is 13.4. The van der Waals surface area contributed by atoms with Crippen LogP contribution in [0.3, 0.4) is 0 Å². The fourth-order valence-electron chi connectivity index (χ4n) is 4.93. The van der Waals surface area contributed by atoms with Gasteiger partial charge in [-0.05, 0) is 43.7 Å². The predicted molar refractivity (Wildman–Crippen MR) is 149 cm³/mol. The molecule has 1 N–H and O–H groups in total. The molecule has 0 radical (unpaired) electrons. The summed E-state index contributed by atoms with van der Waals surface area (Å²) in [7, 11) is 0. The summed E-state index contributed by atoms with van der Waals surface area (Å²) in [6.45, 7) is 14.2. The van der Waals surface area contributed by atoms with Gasteiger partial charge in [0.05, 0.1) is 11.1 Å². The van der Waals surface area contributed by atoms with Gasteiger partial charge in [0.25, 0.3) is 0 Å². The van der Waals surface area contributed by atoms with Crippen molar-refractivity contribution in [2.24, 2.45) is 17.8 Å². The van der Waals surface area contributed by atoms with Gasteiger partial charge in [-0.15, -0.1) is 0 Å². The summed E-state index contributed by atoms with van der Waals surface area (Å²) in [6.07, 6.45) is 13.9. The van der Waals surface area contributed by atoms with E-state index >= 15 is 0 Å². The molecule has 0 heterocycles. The highest BCUT2D eigenvalue weighted by atomic mass is 19.2. The molecule has 2 rings (SSSR count). The van der Waals surface area contributed by atoms with Gasteiger partial charge < -0.3 is 5.32 Å². The van der Waals surface area contributed by atoms with E-state index in [9.17, 15) is 43.9 Å². The monoisotopic (exact) mass is 631 g/mol. The molecule has 0 bridgehead atoms. The zero-order valence-corrected chi connectivity index (χ0v) is 25.5. The van der Waals surface area contributed by atoms with E-state index < -0.39 is 69.3 Å². The van der Waals surface area contributed by atoms with Gasteiger partial charge >= 0.3 is 0 Å². The molecule has 246 valence electrons. The van der Waals surface area contributed by atoms with E-state index in [1.165, 1.54) is 77.3 Å². The van der Waals surface area contributed by atoms with Crippen LogP contribution in [0.5, 0.6) is 0 Å². The number of rotatable bonds is 16. The fraction of sp³-hybridized carbons (Fsp3) is 0.625. The van der Waals surface area contributed by atoms with Crippen molar-refractivity contribution in [3.63, 3.8) is 0 Å². The zero-order chi connectivity index (χ0) is 32.9. The molecule has 3 unspecified atom stereocenters. The van der Waals surface area contributed by atoms with Gasteiger partial charge in [0, 0.05) is 0 Å². The Hall–Kier alpha value is -2.30. The van der Waals surface area contributed by atoms with Crippen molar-refractivity contribution in [2.45, 2.75) is 98.8 Å². The summed E-state index contributed by atoms with van der Waals surface area (Å²) < 4.78 is 131. The molecule has 0 fully saturated rings. The van der Waals surface area contributed by atoms with Gasteiger partial charge in [0.15, 0.2) is 46.5 Å². The Morgan fingerprint density at radius 3 is 1.23 bits per heavy atom. The molecular weight excluding hydrogens is 588 g/mol. The van der Waals surface area contributed by atoms with Crippen LogP contribution in [0.4, 0.5) is 43.9 Å². The smallest absolute Gasteiger partial charge is 0.200 e. The lowest BCUT2D eigenvalue weighted by atomic mass is 9.91. The van der Waals surface area contributed by atoms with E-state index in [1.54, 1.807) is 0 Å². The third-order valence-corrected chi connectivity index (χ3v) is 7.78. The lowest BCUT2D eigenvalue weighted by Crippen LogP contribution is -2.24. The van der Waals surface area contributed by atoms with E-state index in [0.717, 1.165) is 17.8 Å². The van der Waals surface area contributed by atoms with Crippen molar-refractivity contribution in [2.75, 3.05) is 13.1 Å². The van der Waals surface area contributed by atoms with Crippen molar-refractivity contribution < 1.29 is 43.9 Å². The fourth-order valence-corrected chi connectivity index (χ4v) is 4.93. The van der Waals surface area contributed by atoms with Crippen molar-refractivity contribution in [1.82, 2.24) is 5.32 Å². The zero-order valence-electron chi connectivity index (χ0n) is 25.5. The maximum absolute atomic E-state index is 13.4. The topological polar surface area (TPSA) is 12.0 Å². The molecule has 3 atom stereocenters. The van der Waals surface area contributed by atoms with Crippen LogP contribution in [0.25, 0.3) is 11.1 Å². The Labute approximate surface area is 248 Å². The van der Waals surface area contributed by atoms with Crippen molar-refractivity contribution in [3.05, 3.63) is 58.2 Å². The molecule has 43 heavy (non-hydrogen) atoms. The van der Waals surface area contributed by atoms with Gasteiger partial charge in [-0.1, -0.05) is 86.0 Å². The Morgan fingerprint density at radius 2 is 0.860 bits per heavy atom. The van der Waals surface area contributed by atoms with E-state index in [0.29, 0.717) is 0 Å². The molecule has 2 aromatic carbocycles. The first-order chi connectivity index (χ1) is 20.3. The number of benzene rings is 2. The largest absolute Gasteiger partial charge is 0.316 e. The summed E-state index contributed by atoms with van der Waals surface area (Å²) in [5.74, 6) is -23.9. The second kappa shape index (κ2) is 19.2. The summed E-state index contributed by atoms with van der Waals surface area (Å²) in [5, 5.41) is 3.70. The van der Waals surface area contributed by atoms with Crippen LogP contribution in [0.1, 0.15) is 98.8 Å². The SMILES string of the molecule is CCCCC(CC)CCNCC(C)CCC(CC)CCC.Fc1c(F)c(F)c(-c2c(F)c(F)c(F)c(F)c2F)c(F)c1F. The molecule has 0 spiro atoms. The molecule has 1 nitrogen and oxygen atoms in total. The Bertz CT molecular complexity index is 1030. The van der Waals surface area contributed by atoms with Crippen LogP contribution in [0, 0.1) is 75.9 Å². The van der Waals surface area contributed by atoms with E-state index in [4.69, 9.17) is 0 Å². The molecule has 0 saturated carbocycles. The maximum Gasteiger partial charge on any atom is 0.200 e. The summed E-state index contributed by atoms with van der Waals surface area (Å²) in [4.78, 5) is 0. The van der Waals surface area contributed by atoms with Gasteiger partial charge in [-0.2, -0.15) is 0 Å². The summed E-state index contributed by atoms with van der Waals surface area (Å²) >= 11 is 0. The second-order valence-corrected chi connectivity index (χ2v) is 11.0. The second-order valence-electron chi connectivity index (χ2n) is 11.0. The first-order valence-electron chi connectivity index (χ1n) is 15.0. The third-order valence-electron chi connectivity index (χ3n) is 7.78. The Balaban J connectivity index is 0.000000431. The average molecular weight is 632 g/mol. The lowest BCUT2D eigenvalue weighted by Gasteiger charge is -2.19. The van der Waals surface area contributed by atoms with Crippen LogP contribution < -0.4 is 5.32 Å². The van der Waals surface area contributed by atoms with Crippen LogP contribution in [0.2, 0.25) is 0 Å². The lowest BCUT2D eigenvalue weighted by molar-refractivity contribution is 0.358. The molecule has 0 amide bonds. The number of hydrogen-bond donors (Lipinski definition) is 1. The highest BCUT2D eigenvalue weighted by Gasteiger charge is 2.34.